The molecular formula is C14H16N2OS2. The summed E-state index contributed by atoms with van der Waals surface area (Å²) < 4.78 is 0. The molecule has 0 aliphatic heterocycles. The Morgan fingerprint density at radius 3 is 2.79 bits per heavy atom. The van der Waals surface area contributed by atoms with E-state index < -0.39 is 0 Å². The van der Waals surface area contributed by atoms with Gasteiger partial charge in [0.1, 0.15) is 0 Å². The SMILES string of the molecule is Cc1ccc(/C=N\NC(=O)c2csc(C(C)C)c2)s1. The van der Waals surface area contributed by atoms with Gasteiger partial charge in [-0.3, -0.25) is 4.79 Å². The van der Waals surface area contributed by atoms with E-state index in [1.807, 2.05) is 30.5 Å². The number of amides is 1. The summed E-state index contributed by atoms with van der Waals surface area (Å²) in [5.41, 5.74) is 3.23. The molecule has 2 aromatic rings. The minimum Gasteiger partial charge on any atom is -0.267 e. The fourth-order valence-corrected chi connectivity index (χ4v) is 3.17. The minimum atomic E-state index is -0.160. The lowest BCUT2D eigenvalue weighted by atomic mass is 10.1. The maximum absolute atomic E-state index is 11.9. The summed E-state index contributed by atoms with van der Waals surface area (Å²) in [7, 11) is 0. The van der Waals surface area contributed by atoms with Crippen LogP contribution in [-0.2, 0) is 0 Å². The monoisotopic (exact) mass is 292 g/mol. The number of rotatable bonds is 4. The Morgan fingerprint density at radius 2 is 2.21 bits per heavy atom. The summed E-state index contributed by atoms with van der Waals surface area (Å²) in [6.45, 7) is 6.27. The zero-order valence-corrected chi connectivity index (χ0v) is 12.8. The number of hydrogen-bond donors (Lipinski definition) is 1. The number of nitrogens with zero attached hydrogens (tertiary/aromatic N) is 1. The van der Waals surface area contributed by atoms with Gasteiger partial charge in [0.05, 0.1) is 11.8 Å². The largest absolute Gasteiger partial charge is 0.272 e. The van der Waals surface area contributed by atoms with E-state index in [0.717, 1.165) is 4.88 Å². The Labute approximate surface area is 121 Å². The predicted molar refractivity (Wildman–Crippen MR) is 82.5 cm³/mol. The van der Waals surface area contributed by atoms with E-state index in [0.29, 0.717) is 11.5 Å². The van der Waals surface area contributed by atoms with Crippen molar-refractivity contribution in [2.45, 2.75) is 26.7 Å². The van der Waals surface area contributed by atoms with Crippen molar-refractivity contribution in [3.8, 4) is 0 Å². The fraction of sp³-hybridized carbons (Fsp3) is 0.286. The van der Waals surface area contributed by atoms with Gasteiger partial charge in [0.25, 0.3) is 5.91 Å². The second-order valence-corrected chi connectivity index (χ2v) is 6.80. The van der Waals surface area contributed by atoms with E-state index in [1.165, 1.54) is 9.75 Å². The summed E-state index contributed by atoms with van der Waals surface area (Å²) in [5, 5.41) is 5.85. The van der Waals surface area contributed by atoms with Gasteiger partial charge in [-0.25, -0.2) is 5.43 Å². The molecule has 0 radical (unpaired) electrons. The van der Waals surface area contributed by atoms with Crippen LogP contribution in [0, 0.1) is 6.92 Å². The van der Waals surface area contributed by atoms with Crippen LogP contribution < -0.4 is 5.43 Å². The molecule has 0 aliphatic carbocycles. The van der Waals surface area contributed by atoms with Crippen molar-refractivity contribution in [3.05, 3.63) is 43.8 Å². The Hall–Kier alpha value is -1.46. The number of carbonyl (C=O) groups excluding carboxylic acids is 1. The molecular weight excluding hydrogens is 276 g/mol. The van der Waals surface area contributed by atoms with Crippen LogP contribution in [-0.4, -0.2) is 12.1 Å². The third-order valence-electron chi connectivity index (χ3n) is 2.57. The summed E-state index contributed by atoms with van der Waals surface area (Å²) in [5.74, 6) is 0.289. The summed E-state index contributed by atoms with van der Waals surface area (Å²) >= 11 is 3.25. The van der Waals surface area contributed by atoms with Crippen LogP contribution in [0.2, 0.25) is 0 Å². The van der Waals surface area contributed by atoms with E-state index in [4.69, 9.17) is 0 Å². The highest BCUT2D eigenvalue weighted by Crippen LogP contribution is 2.22. The van der Waals surface area contributed by atoms with Gasteiger partial charge in [0.15, 0.2) is 0 Å². The first-order valence-corrected chi connectivity index (χ1v) is 7.74. The molecule has 3 nitrogen and oxygen atoms in total. The van der Waals surface area contributed by atoms with E-state index >= 15 is 0 Å². The number of hydrazone groups is 1. The van der Waals surface area contributed by atoms with Crippen LogP contribution in [0.4, 0.5) is 0 Å². The summed E-state index contributed by atoms with van der Waals surface area (Å²) in [6.07, 6.45) is 1.67. The van der Waals surface area contributed by atoms with Gasteiger partial charge in [-0.05, 0) is 31.0 Å². The van der Waals surface area contributed by atoms with Crippen molar-refractivity contribution in [2.75, 3.05) is 0 Å². The molecule has 0 saturated heterocycles. The molecule has 2 aromatic heterocycles. The molecule has 2 rings (SSSR count). The lowest BCUT2D eigenvalue weighted by Crippen LogP contribution is -2.16. The molecule has 1 N–H and O–H groups in total. The average molecular weight is 292 g/mol. The number of nitrogens with one attached hydrogen (secondary N) is 1. The van der Waals surface area contributed by atoms with Crippen LogP contribution >= 0.6 is 22.7 Å². The molecule has 5 heteroatoms. The van der Waals surface area contributed by atoms with Crippen molar-refractivity contribution in [1.29, 1.82) is 0 Å². The zero-order chi connectivity index (χ0) is 13.8. The lowest BCUT2D eigenvalue weighted by Gasteiger charge is -1.97. The first-order chi connectivity index (χ1) is 9.06. The van der Waals surface area contributed by atoms with Crippen LogP contribution in [0.15, 0.2) is 28.7 Å². The molecule has 0 atom stereocenters. The quantitative estimate of drug-likeness (QED) is 0.671. The first-order valence-electron chi connectivity index (χ1n) is 6.04. The first kappa shape index (κ1) is 14.0. The molecule has 0 fully saturated rings. The minimum absolute atomic E-state index is 0.160. The topological polar surface area (TPSA) is 41.5 Å². The van der Waals surface area contributed by atoms with E-state index in [-0.39, 0.29) is 5.91 Å². The number of thiophene rings is 2. The average Bonchev–Trinajstić information content (AvgIpc) is 2.98. The highest BCUT2D eigenvalue weighted by Gasteiger charge is 2.09. The van der Waals surface area contributed by atoms with Crippen molar-refractivity contribution in [2.24, 2.45) is 5.10 Å². The van der Waals surface area contributed by atoms with Gasteiger partial charge < -0.3 is 0 Å². The molecule has 0 aromatic carbocycles. The van der Waals surface area contributed by atoms with Gasteiger partial charge in [0.2, 0.25) is 0 Å². The Morgan fingerprint density at radius 1 is 1.42 bits per heavy atom. The van der Waals surface area contributed by atoms with Gasteiger partial charge in [0, 0.05) is 20.0 Å². The smallest absolute Gasteiger partial charge is 0.267 e. The second-order valence-electron chi connectivity index (χ2n) is 4.54. The Kier molecular flexibility index (Phi) is 4.50. The third kappa shape index (κ3) is 3.75. The number of carbonyl (C=O) groups is 1. The summed E-state index contributed by atoms with van der Waals surface area (Å²) in [4.78, 5) is 15.3. The molecule has 0 unspecified atom stereocenters. The van der Waals surface area contributed by atoms with E-state index in [2.05, 4.69) is 24.4 Å². The molecule has 0 spiro atoms. The maximum atomic E-state index is 11.9. The molecule has 0 bridgehead atoms. The van der Waals surface area contributed by atoms with Crippen LogP contribution in [0.5, 0.6) is 0 Å². The van der Waals surface area contributed by atoms with E-state index in [1.54, 1.807) is 28.9 Å². The van der Waals surface area contributed by atoms with E-state index in [9.17, 15) is 4.79 Å². The lowest BCUT2D eigenvalue weighted by molar-refractivity contribution is 0.0955. The maximum Gasteiger partial charge on any atom is 0.272 e. The summed E-state index contributed by atoms with van der Waals surface area (Å²) in [6, 6.07) is 5.94. The number of aryl methyl sites for hydroxylation is 1. The normalized spacial score (nSPS) is 11.4. The zero-order valence-electron chi connectivity index (χ0n) is 11.1. The van der Waals surface area contributed by atoms with Crippen LogP contribution in [0.25, 0.3) is 0 Å². The Bertz CT molecular complexity index is 596. The van der Waals surface area contributed by atoms with Crippen molar-refractivity contribution < 1.29 is 4.79 Å². The van der Waals surface area contributed by atoms with Gasteiger partial charge in [-0.1, -0.05) is 13.8 Å². The van der Waals surface area contributed by atoms with Gasteiger partial charge in [-0.2, -0.15) is 5.10 Å². The molecule has 100 valence electrons. The standard InChI is InChI=1S/C14H16N2OS2/c1-9(2)13-6-11(8-18-13)14(17)16-15-7-12-5-4-10(3)19-12/h4-9H,1-3H3,(H,16,17)/b15-7-. The van der Waals surface area contributed by atoms with Crippen LogP contribution in [0.3, 0.4) is 0 Å². The van der Waals surface area contributed by atoms with Gasteiger partial charge >= 0.3 is 0 Å². The molecule has 19 heavy (non-hydrogen) atoms. The van der Waals surface area contributed by atoms with Crippen molar-refractivity contribution in [1.82, 2.24) is 5.43 Å². The van der Waals surface area contributed by atoms with Gasteiger partial charge in [-0.15, -0.1) is 22.7 Å². The molecule has 1 amide bonds. The predicted octanol–water partition coefficient (Wildman–Crippen LogP) is 4.01. The van der Waals surface area contributed by atoms with Crippen LogP contribution in [0.1, 0.15) is 44.8 Å². The number of hydrogen-bond acceptors (Lipinski definition) is 4. The highest BCUT2D eigenvalue weighted by atomic mass is 32.1. The fourth-order valence-electron chi connectivity index (χ4n) is 1.52. The molecule has 0 aliphatic rings. The molecule has 2 heterocycles. The van der Waals surface area contributed by atoms with Crippen molar-refractivity contribution >= 4 is 34.8 Å². The highest BCUT2D eigenvalue weighted by molar-refractivity contribution is 7.13. The Balaban J connectivity index is 1.95. The molecule has 0 saturated carbocycles. The second kappa shape index (κ2) is 6.12. The third-order valence-corrected chi connectivity index (χ3v) is 4.74. The van der Waals surface area contributed by atoms with Crippen molar-refractivity contribution in [3.63, 3.8) is 0 Å².